The first kappa shape index (κ1) is 26.2. The molecule has 1 aliphatic rings. The maximum Gasteiger partial charge on any atom is 0.244 e. The molecule has 0 radical (unpaired) electrons. The van der Waals surface area contributed by atoms with Gasteiger partial charge in [-0.1, -0.05) is 72.1 Å². The number of hydrogen-bond acceptors (Lipinski definition) is 4. The van der Waals surface area contributed by atoms with Crippen LogP contribution in [0.2, 0.25) is 0 Å². The van der Waals surface area contributed by atoms with Gasteiger partial charge in [0.25, 0.3) is 0 Å². The number of nitrogens with one attached hydrogen (secondary N) is 1. The van der Waals surface area contributed by atoms with E-state index in [4.69, 9.17) is 0 Å². The fourth-order valence-corrected chi connectivity index (χ4v) is 5.54. The van der Waals surface area contributed by atoms with Crippen LogP contribution in [0.25, 0.3) is 0 Å². The van der Waals surface area contributed by atoms with Gasteiger partial charge in [0.2, 0.25) is 21.8 Å². The number of carbonyl (C=O) groups excluding carboxylic acids is 2. The van der Waals surface area contributed by atoms with Crippen LogP contribution < -0.4 is 9.62 Å². The molecule has 1 N–H and O–H groups in total. The molecule has 1 aliphatic carbocycles. The second kappa shape index (κ2) is 11.8. The van der Waals surface area contributed by atoms with E-state index in [1.165, 1.54) is 4.90 Å². The van der Waals surface area contributed by atoms with Crippen molar-refractivity contribution < 1.29 is 18.0 Å². The molecule has 0 bridgehead atoms. The Morgan fingerprint density at radius 2 is 1.76 bits per heavy atom. The van der Waals surface area contributed by atoms with E-state index in [9.17, 15) is 18.0 Å². The van der Waals surface area contributed by atoms with Crippen molar-refractivity contribution in [3.05, 3.63) is 64.6 Å². The first-order valence-corrected chi connectivity index (χ1v) is 14.2. The molecule has 3 rings (SSSR count). The van der Waals surface area contributed by atoms with Crippen LogP contribution in [0.5, 0.6) is 0 Å². The number of benzene rings is 2. The van der Waals surface area contributed by atoms with Crippen molar-refractivity contribution in [3.63, 3.8) is 0 Å². The molecule has 184 valence electrons. The van der Waals surface area contributed by atoms with E-state index >= 15 is 0 Å². The highest BCUT2D eigenvalue weighted by Gasteiger charge is 2.33. The fourth-order valence-electron chi connectivity index (χ4n) is 4.31. The summed E-state index contributed by atoms with van der Waals surface area (Å²) >= 11 is 3.36. The lowest BCUT2D eigenvalue weighted by molar-refractivity contribution is -0.140. The summed E-state index contributed by atoms with van der Waals surface area (Å²) in [5.41, 5.74) is 1.25. The number of nitrogens with zero attached hydrogens (tertiary/aromatic N) is 2. The van der Waals surface area contributed by atoms with Gasteiger partial charge in [-0.15, -0.1) is 0 Å². The lowest BCUT2D eigenvalue weighted by Crippen LogP contribution is -2.53. The summed E-state index contributed by atoms with van der Waals surface area (Å²) in [5, 5.41) is 3.10. The van der Waals surface area contributed by atoms with E-state index in [1.807, 2.05) is 37.3 Å². The summed E-state index contributed by atoms with van der Waals surface area (Å²) in [6, 6.07) is 15.7. The summed E-state index contributed by atoms with van der Waals surface area (Å²) in [4.78, 5) is 28.4. The minimum Gasteiger partial charge on any atom is -0.352 e. The Balaban J connectivity index is 1.90. The maximum absolute atomic E-state index is 13.6. The molecule has 0 saturated heterocycles. The van der Waals surface area contributed by atoms with E-state index in [0.717, 1.165) is 41.8 Å². The number of anilines is 1. The molecule has 2 aromatic carbocycles. The van der Waals surface area contributed by atoms with E-state index < -0.39 is 28.5 Å². The molecule has 7 nitrogen and oxygen atoms in total. The minimum atomic E-state index is -3.74. The first-order valence-electron chi connectivity index (χ1n) is 11.6. The van der Waals surface area contributed by atoms with Crippen LogP contribution in [0, 0.1) is 0 Å². The van der Waals surface area contributed by atoms with Crippen LogP contribution in [-0.4, -0.2) is 50.0 Å². The van der Waals surface area contributed by atoms with Crippen molar-refractivity contribution in [2.24, 2.45) is 0 Å². The molecule has 34 heavy (non-hydrogen) atoms. The number of carbonyl (C=O) groups is 2. The molecular weight excluding hydrogens is 518 g/mol. The Labute approximate surface area is 210 Å². The first-order chi connectivity index (χ1) is 16.2. The van der Waals surface area contributed by atoms with E-state index in [1.54, 1.807) is 24.3 Å². The Hall–Kier alpha value is -2.39. The lowest BCUT2D eigenvalue weighted by Gasteiger charge is -2.33. The van der Waals surface area contributed by atoms with Gasteiger partial charge in [0.15, 0.2) is 0 Å². The van der Waals surface area contributed by atoms with Gasteiger partial charge >= 0.3 is 0 Å². The van der Waals surface area contributed by atoms with Crippen molar-refractivity contribution in [2.45, 2.75) is 57.7 Å². The topological polar surface area (TPSA) is 86.8 Å². The number of halogens is 1. The lowest BCUT2D eigenvalue weighted by atomic mass is 10.1. The molecule has 1 saturated carbocycles. The highest BCUT2D eigenvalue weighted by molar-refractivity contribution is 9.10. The quantitative estimate of drug-likeness (QED) is 0.483. The molecule has 1 fully saturated rings. The van der Waals surface area contributed by atoms with Gasteiger partial charge in [-0.3, -0.25) is 13.9 Å². The fraction of sp³-hybridized carbons (Fsp3) is 0.440. The molecule has 0 heterocycles. The zero-order chi connectivity index (χ0) is 24.7. The number of rotatable bonds is 10. The van der Waals surface area contributed by atoms with Crippen LogP contribution in [0.1, 0.15) is 44.6 Å². The van der Waals surface area contributed by atoms with Crippen molar-refractivity contribution >= 4 is 43.5 Å². The normalized spacial score (nSPS) is 15.0. The van der Waals surface area contributed by atoms with Crippen LogP contribution in [0.3, 0.4) is 0 Å². The maximum atomic E-state index is 13.6. The van der Waals surface area contributed by atoms with Gasteiger partial charge in [-0.2, -0.15) is 0 Å². The van der Waals surface area contributed by atoms with Gasteiger partial charge in [0, 0.05) is 17.1 Å². The van der Waals surface area contributed by atoms with E-state index in [-0.39, 0.29) is 18.5 Å². The number of amides is 2. The molecule has 0 aliphatic heterocycles. The molecular formula is C25H32BrN3O4S. The van der Waals surface area contributed by atoms with Crippen LogP contribution >= 0.6 is 15.9 Å². The summed E-state index contributed by atoms with van der Waals surface area (Å²) in [5.74, 6) is -0.616. The van der Waals surface area contributed by atoms with Gasteiger partial charge in [-0.05, 0) is 43.0 Å². The molecule has 2 aromatic rings. The monoisotopic (exact) mass is 549 g/mol. The van der Waals surface area contributed by atoms with E-state index in [2.05, 4.69) is 21.2 Å². The standard InChI is InChI=1S/C25H32BrN3O4S/c1-3-23(25(31)27-21-13-7-8-14-21)28(17-19-10-5-4-6-11-19)24(30)18-29(34(2,32)33)22-15-9-12-20(26)16-22/h4-6,9-12,15-16,21,23H,3,7-8,13-14,17-18H2,1-2H3,(H,27,31)/t23-/m0/s1. The molecule has 1 atom stereocenters. The Kier molecular flexibility index (Phi) is 9.13. The minimum absolute atomic E-state index is 0.129. The highest BCUT2D eigenvalue weighted by Crippen LogP contribution is 2.24. The average Bonchev–Trinajstić information content (AvgIpc) is 3.30. The molecule has 0 spiro atoms. The van der Waals surface area contributed by atoms with Gasteiger partial charge in [0.05, 0.1) is 11.9 Å². The molecule has 0 aromatic heterocycles. The van der Waals surface area contributed by atoms with Gasteiger partial charge in [-0.25, -0.2) is 8.42 Å². The third-order valence-corrected chi connectivity index (χ3v) is 7.69. The van der Waals surface area contributed by atoms with Crippen LogP contribution in [0.4, 0.5) is 5.69 Å². The third kappa shape index (κ3) is 7.06. The third-order valence-electron chi connectivity index (χ3n) is 6.06. The zero-order valence-electron chi connectivity index (χ0n) is 19.6. The smallest absolute Gasteiger partial charge is 0.244 e. The second-order valence-corrected chi connectivity index (χ2v) is 11.5. The second-order valence-electron chi connectivity index (χ2n) is 8.67. The number of sulfonamides is 1. The Morgan fingerprint density at radius 3 is 2.35 bits per heavy atom. The summed E-state index contributed by atoms with van der Waals surface area (Å²) in [6.07, 6.45) is 5.56. The Morgan fingerprint density at radius 1 is 1.09 bits per heavy atom. The largest absolute Gasteiger partial charge is 0.352 e. The van der Waals surface area contributed by atoms with E-state index in [0.29, 0.717) is 16.6 Å². The van der Waals surface area contributed by atoms with Gasteiger partial charge < -0.3 is 10.2 Å². The molecule has 2 amide bonds. The highest BCUT2D eigenvalue weighted by atomic mass is 79.9. The average molecular weight is 551 g/mol. The van der Waals surface area contributed by atoms with Crippen molar-refractivity contribution in [3.8, 4) is 0 Å². The van der Waals surface area contributed by atoms with Crippen molar-refractivity contribution in [1.82, 2.24) is 10.2 Å². The van der Waals surface area contributed by atoms with Crippen LogP contribution in [0.15, 0.2) is 59.1 Å². The molecule has 0 unspecified atom stereocenters. The van der Waals surface area contributed by atoms with Crippen molar-refractivity contribution in [1.29, 1.82) is 0 Å². The van der Waals surface area contributed by atoms with Gasteiger partial charge in [0.1, 0.15) is 12.6 Å². The van der Waals surface area contributed by atoms with Crippen molar-refractivity contribution in [2.75, 3.05) is 17.1 Å². The summed E-state index contributed by atoms with van der Waals surface area (Å²) in [6.45, 7) is 1.69. The Bertz CT molecular complexity index is 1090. The number of hydrogen-bond donors (Lipinski definition) is 1. The predicted octanol–water partition coefficient (Wildman–Crippen LogP) is 4.08. The SMILES string of the molecule is CC[C@@H](C(=O)NC1CCCC1)N(Cc1ccccc1)C(=O)CN(c1cccc(Br)c1)S(C)(=O)=O. The predicted molar refractivity (Wildman–Crippen MR) is 138 cm³/mol. The summed E-state index contributed by atoms with van der Waals surface area (Å²) in [7, 11) is -3.74. The summed E-state index contributed by atoms with van der Waals surface area (Å²) < 4.78 is 27.0. The van der Waals surface area contributed by atoms with Crippen LogP contribution in [-0.2, 0) is 26.2 Å². The zero-order valence-corrected chi connectivity index (χ0v) is 22.0. The molecule has 9 heteroatoms.